The molecule has 0 aliphatic heterocycles. The van der Waals surface area contributed by atoms with E-state index in [0.29, 0.717) is 19.4 Å². The summed E-state index contributed by atoms with van der Waals surface area (Å²) in [6.45, 7) is 3.98. The predicted molar refractivity (Wildman–Crippen MR) is 64.4 cm³/mol. The van der Waals surface area contributed by atoms with E-state index in [2.05, 4.69) is 5.32 Å². The van der Waals surface area contributed by atoms with Gasteiger partial charge in [-0.05, 0) is 37.5 Å². The Morgan fingerprint density at radius 1 is 1.53 bits per heavy atom. The minimum absolute atomic E-state index is 0.0431. The number of hydrogen-bond donors (Lipinski definition) is 2. The molecule has 0 aliphatic carbocycles. The average molecular weight is 239 g/mol. The van der Waals surface area contributed by atoms with E-state index >= 15 is 0 Å². The number of halogens is 1. The van der Waals surface area contributed by atoms with Crippen molar-refractivity contribution >= 4 is 5.91 Å². The van der Waals surface area contributed by atoms with Crippen molar-refractivity contribution in [2.24, 2.45) is 0 Å². The Bertz CT molecular complexity index is 393. The molecular weight excluding hydrogens is 221 g/mol. The second-order valence-corrected chi connectivity index (χ2v) is 4.09. The van der Waals surface area contributed by atoms with Gasteiger partial charge in [-0.2, -0.15) is 0 Å². The van der Waals surface area contributed by atoms with Gasteiger partial charge in [0, 0.05) is 6.54 Å². The van der Waals surface area contributed by atoms with Gasteiger partial charge in [-0.25, -0.2) is 4.39 Å². The molecule has 0 aliphatic rings. The molecule has 0 radical (unpaired) electrons. The van der Waals surface area contributed by atoms with Crippen molar-refractivity contribution in [2.45, 2.75) is 32.8 Å². The lowest BCUT2D eigenvalue weighted by Crippen LogP contribution is -2.27. The van der Waals surface area contributed by atoms with E-state index in [9.17, 15) is 14.3 Å². The van der Waals surface area contributed by atoms with Gasteiger partial charge < -0.3 is 10.4 Å². The van der Waals surface area contributed by atoms with Crippen LogP contribution in [0, 0.1) is 12.7 Å². The van der Waals surface area contributed by atoms with Gasteiger partial charge in [-0.15, -0.1) is 0 Å². The van der Waals surface area contributed by atoms with Gasteiger partial charge >= 0.3 is 0 Å². The van der Waals surface area contributed by atoms with Gasteiger partial charge in [-0.3, -0.25) is 4.79 Å². The van der Waals surface area contributed by atoms with Crippen molar-refractivity contribution in [1.82, 2.24) is 5.32 Å². The largest absolute Gasteiger partial charge is 0.393 e. The summed E-state index contributed by atoms with van der Waals surface area (Å²) in [7, 11) is 0. The highest BCUT2D eigenvalue weighted by molar-refractivity contribution is 5.94. The van der Waals surface area contributed by atoms with Crippen molar-refractivity contribution in [1.29, 1.82) is 0 Å². The van der Waals surface area contributed by atoms with Crippen LogP contribution in [0.1, 0.15) is 35.7 Å². The van der Waals surface area contributed by atoms with Crippen molar-refractivity contribution in [3.63, 3.8) is 0 Å². The molecule has 0 fully saturated rings. The number of hydrogen-bond acceptors (Lipinski definition) is 2. The predicted octanol–water partition coefficient (Wildman–Crippen LogP) is 2.02. The second-order valence-electron chi connectivity index (χ2n) is 4.09. The zero-order chi connectivity index (χ0) is 12.8. The summed E-state index contributed by atoms with van der Waals surface area (Å²) >= 11 is 0. The molecule has 3 nitrogen and oxygen atoms in total. The monoisotopic (exact) mass is 239 g/mol. The molecule has 1 aromatic carbocycles. The third-order valence-corrected chi connectivity index (χ3v) is 2.60. The summed E-state index contributed by atoms with van der Waals surface area (Å²) in [6, 6.07) is 4.49. The number of amides is 1. The maximum absolute atomic E-state index is 13.4. The summed E-state index contributed by atoms with van der Waals surface area (Å²) in [5, 5.41) is 11.9. The fourth-order valence-electron chi connectivity index (χ4n) is 1.46. The molecule has 0 saturated carbocycles. The summed E-state index contributed by atoms with van der Waals surface area (Å²) < 4.78 is 13.4. The fraction of sp³-hybridized carbons (Fsp3) is 0.462. The normalized spacial score (nSPS) is 12.2. The molecule has 1 unspecified atom stereocenters. The zero-order valence-corrected chi connectivity index (χ0v) is 10.2. The van der Waals surface area contributed by atoms with Crippen LogP contribution in [0.5, 0.6) is 0 Å². The number of aryl methyl sites for hydroxylation is 1. The Morgan fingerprint density at radius 3 is 2.82 bits per heavy atom. The van der Waals surface area contributed by atoms with Gasteiger partial charge in [0.15, 0.2) is 0 Å². The quantitative estimate of drug-likeness (QED) is 0.826. The molecule has 1 aromatic rings. The maximum Gasteiger partial charge on any atom is 0.254 e. The molecule has 0 bridgehead atoms. The number of aliphatic hydroxyl groups is 1. The number of aliphatic hydroxyl groups excluding tert-OH is 1. The lowest BCUT2D eigenvalue weighted by molar-refractivity contribution is 0.0938. The lowest BCUT2D eigenvalue weighted by Gasteiger charge is -2.09. The minimum Gasteiger partial charge on any atom is -0.393 e. The van der Waals surface area contributed by atoms with E-state index in [-0.39, 0.29) is 5.56 Å². The first-order chi connectivity index (χ1) is 8.04. The molecule has 1 rings (SSSR count). The van der Waals surface area contributed by atoms with Crippen LogP contribution < -0.4 is 5.32 Å². The van der Waals surface area contributed by atoms with Crippen molar-refractivity contribution in [3.05, 3.63) is 35.1 Å². The van der Waals surface area contributed by atoms with Crippen LogP contribution in [0.4, 0.5) is 4.39 Å². The van der Waals surface area contributed by atoms with Crippen LogP contribution >= 0.6 is 0 Å². The Hall–Kier alpha value is -1.42. The van der Waals surface area contributed by atoms with E-state index in [4.69, 9.17) is 0 Å². The maximum atomic E-state index is 13.4. The summed E-state index contributed by atoms with van der Waals surface area (Å²) in [6.07, 6.45) is 0.711. The molecule has 1 amide bonds. The zero-order valence-electron chi connectivity index (χ0n) is 10.2. The minimum atomic E-state index is -0.515. The van der Waals surface area contributed by atoms with E-state index in [1.54, 1.807) is 13.0 Å². The van der Waals surface area contributed by atoms with Crippen LogP contribution in [0.2, 0.25) is 0 Å². The van der Waals surface area contributed by atoms with Gasteiger partial charge in [0.05, 0.1) is 11.7 Å². The first-order valence-corrected chi connectivity index (χ1v) is 5.77. The smallest absolute Gasteiger partial charge is 0.254 e. The highest BCUT2D eigenvalue weighted by atomic mass is 19.1. The van der Waals surface area contributed by atoms with Gasteiger partial charge in [0.25, 0.3) is 5.91 Å². The van der Waals surface area contributed by atoms with Crippen molar-refractivity contribution < 1.29 is 14.3 Å². The number of carbonyl (C=O) groups excluding carboxylic acids is 1. The van der Waals surface area contributed by atoms with Gasteiger partial charge in [0.1, 0.15) is 5.82 Å². The van der Waals surface area contributed by atoms with Crippen LogP contribution in [0.15, 0.2) is 18.2 Å². The molecule has 0 spiro atoms. The van der Waals surface area contributed by atoms with Crippen LogP contribution in [-0.4, -0.2) is 23.7 Å². The van der Waals surface area contributed by atoms with E-state index < -0.39 is 17.8 Å². The molecule has 1 atom stereocenters. The SMILES string of the molecule is CCC(O)CCNC(=O)c1ccc(C)cc1F. The second kappa shape index (κ2) is 6.35. The van der Waals surface area contributed by atoms with Crippen molar-refractivity contribution in [2.75, 3.05) is 6.54 Å². The highest BCUT2D eigenvalue weighted by Crippen LogP contribution is 2.09. The third-order valence-electron chi connectivity index (χ3n) is 2.60. The summed E-state index contributed by atoms with van der Waals surface area (Å²) in [5.74, 6) is -0.954. The van der Waals surface area contributed by atoms with Crippen LogP contribution in [0.3, 0.4) is 0 Å². The summed E-state index contributed by atoms with van der Waals surface area (Å²) in [4.78, 5) is 11.6. The molecule has 0 heterocycles. The van der Waals surface area contributed by atoms with Crippen molar-refractivity contribution in [3.8, 4) is 0 Å². The molecular formula is C13H18FNO2. The molecule has 17 heavy (non-hydrogen) atoms. The Morgan fingerprint density at radius 2 is 2.24 bits per heavy atom. The number of carbonyl (C=O) groups is 1. The summed E-state index contributed by atoms with van der Waals surface area (Å²) in [5.41, 5.74) is 0.821. The molecule has 0 saturated heterocycles. The Labute approximate surface area is 101 Å². The standard InChI is InChI=1S/C13H18FNO2/c1-3-10(16)6-7-15-13(17)11-5-4-9(2)8-12(11)14/h4-5,8,10,16H,3,6-7H2,1-2H3,(H,15,17). The lowest BCUT2D eigenvalue weighted by atomic mass is 10.1. The van der Waals surface area contributed by atoms with E-state index in [1.807, 2.05) is 6.92 Å². The van der Waals surface area contributed by atoms with Gasteiger partial charge in [-0.1, -0.05) is 13.0 Å². The molecule has 0 aromatic heterocycles. The highest BCUT2D eigenvalue weighted by Gasteiger charge is 2.11. The first-order valence-electron chi connectivity index (χ1n) is 5.77. The van der Waals surface area contributed by atoms with E-state index in [1.165, 1.54) is 12.1 Å². The first kappa shape index (κ1) is 13.6. The van der Waals surface area contributed by atoms with Gasteiger partial charge in [0.2, 0.25) is 0 Å². The Kier molecular flexibility index (Phi) is 5.10. The number of rotatable bonds is 5. The topological polar surface area (TPSA) is 49.3 Å². The molecule has 2 N–H and O–H groups in total. The Balaban J connectivity index is 2.52. The third kappa shape index (κ3) is 4.15. The fourth-order valence-corrected chi connectivity index (χ4v) is 1.46. The van der Waals surface area contributed by atoms with E-state index in [0.717, 1.165) is 5.56 Å². The number of nitrogens with one attached hydrogen (secondary N) is 1. The molecule has 4 heteroatoms. The molecule has 94 valence electrons. The van der Waals surface area contributed by atoms with Crippen LogP contribution in [-0.2, 0) is 0 Å². The number of benzene rings is 1. The van der Waals surface area contributed by atoms with Crippen LogP contribution in [0.25, 0.3) is 0 Å². The average Bonchev–Trinajstić information content (AvgIpc) is 2.28.